The number of aromatic nitrogens is 6. The number of H-pyrrole nitrogens is 1. The van der Waals surface area contributed by atoms with Crippen molar-refractivity contribution in [3.05, 3.63) is 82.2 Å². The van der Waals surface area contributed by atoms with Crippen molar-refractivity contribution in [3.8, 4) is 5.69 Å². The van der Waals surface area contributed by atoms with Crippen LogP contribution in [-0.4, -0.2) is 29.5 Å². The molecule has 2 aromatic carbocycles. The third kappa shape index (κ3) is 3.09. The van der Waals surface area contributed by atoms with Gasteiger partial charge in [0, 0.05) is 0 Å². The Bertz CT molecular complexity index is 1540. The lowest BCUT2D eigenvalue weighted by Gasteiger charge is -2.21. The minimum absolute atomic E-state index is 0.0395. The Kier molecular flexibility index (Phi) is 4.66. The number of anilines is 1. The molecule has 0 saturated heterocycles. The van der Waals surface area contributed by atoms with E-state index in [4.69, 9.17) is 4.98 Å². The first-order valence-electron chi connectivity index (χ1n) is 10.1. The van der Waals surface area contributed by atoms with Gasteiger partial charge in [-0.1, -0.05) is 18.2 Å². The Labute approximate surface area is 182 Å². The maximum Gasteiger partial charge on any atom is 0.269 e. The number of nitrogens with zero attached hydrogens (tertiary/aromatic N) is 5. The van der Waals surface area contributed by atoms with Crippen LogP contribution in [0.2, 0.25) is 0 Å². The molecule has 3 aromatic heterocycles. The zero-order chi connectivity index (χ0) is 22.4. The van der Waals surface area contributed by atoms with Crippen molar-refractivity contribution < 1.29 is 4.39 Å². The molecule has 8 nitrogen and oxygen atoms in total. The van der Waals surface area contributed by atoms with Crippen molar-refractivity contribution in [3.63, 3.8) is 0 Å². The van der Waals surface area contributed by atoms with E-state index in [-0.39, 0.29) is 5.39 Å². The Hall–Kier alpha value is -4.14. The highest BCUT2D eigenvalue weighted by molar-refractivity contribution is 5.82. The number of fused-ring (bicyclic) bond motifs is 2. The summed E-state index contributed by atoms with van der Waals surface area (Å²) in [7, 11) is 0. The molecule has 0 fully saturated rings. The van der Waals surface area contributed by atoms with E-state index >= 15 is 0 Å². The topological polar surface area (TPSA) is 101 Å². The SMILES string of the molecule is Cc1cccc(-n2c(C(C)Nc3ncnc4nc[nH]c34)nc3cccc(F)c3c2=O)c1C. The highest BCUT2D eigenvalue weighted by Gasteiger charge is 2.22. The van der Waals surface area contributed by atoms with Gasteiger partial charge in [-0.2, -0.15) is 0 Å². The fraction of sp³-hybridized carbons (Fsp3) is 0.174. The summed E-state index contributed by atoms with van der Waals surface area (Å²) in [6.45, 7) is 5.78. The van der Waals surface area contributed by atoms with E-state index in [2.05, 4.69) is 25.3 Å². The molecule has 0 aliphatic heterocycles. The van der Waals surface area contributed by atoms with Gasteiger partial charge in [-0.3, -0.25) is 9.36 Å². The molecule has 9 heteroatoms. The van der Waals surface area contributed by atoms with Gasteiger partial charge in [0.1, 0.15) is 28.9 Å². The smallest absolute Gasteiger partial charge is 0.269 e. The van der Waals surface area contributed by atoms with E-state index in [1.807, 2.05) is 39.0 Å². The van der Waals surface area contributed by atoms with Crippen molar-refractivity contribution in [2.24, 2.45) is 0 Å². The minimum Gasteiger partial charge on any atom is -0.358 e. The van der Waals surface area contributed by atoms with Crippen LogP contribution < -0.4 is 10.9 Å². The predicted molar refractivity (Wildman–Crippen MR) is 120 cm³/mol. The van der Waals surface area contributed by atoms with Crippen molar-refractivity contribution in [1.82, 2.24) is 29.5 Å². The van der Waals surface area contributed by atoms with Gasteiger partial charge in [-0.15, -0.1) is 0 Å². The summed E-state index contributed by atoms with van der Waals surface area (Å²) in [4.78, 5) is 33.9. The minimum atomic E-state index is -0.596. The van der Waals surface area contributed by atoms with Crippen LogP contribution in [0, 0.1) is 19.7 Å². The van der Waals surface area contributed by atoms with E-state index in [9.17, 15) is 9.18 Å². The Balaban J connectivity index is 1.75. The normalized spacial score (nSPS) is 12.4. The number of halogens is 1. The second-order valence-electron chi connectivity index (χ2n) is 7.65. The van der Waals surface area contributed by atoms with Crippen LogP contribution in [0.3, 0.4) is 0 Å². The lowest BCUT2D eigenvalue weighted by atomic mass is 10.1. The van der Waals surface area contributed by atoms with E-state index in [0.717, 1.165) is 11.1 Å². The molecule has 0 radical (unpaired) electrons. The fourth-order valence-electron chi connectivity index (χ4n) is 3.85. The number of rotatable bonds is 4. The Morgan fingerprint density at radius 1 is 1.09 bits per heavy atom. The summed E-state index contributed by atoms with van der Waals surface area (Å²) in [6.07, 6.45) is 2.96. The lowest BCUT2D eigenvalue weighted by molar-refractivity contribution is 0.635. The van der Waals surface area contributed by atoms with Gasteiger partial charge in [0.15, 0.2) is 11.5 Å². The number of nitrogens with one attached hydrogen (secondary N) is 2. The monoisotopic (exact) mass is 429 g/mol. The second-order valence-corrected chi connectivity index (χ2v) is 7.65. The van der Waals surface area contributed by atoms with Crippen LogP contribution in [0.25, 0.3) is 27.8 Å². The van der Waals surface area contributed by atoms with Gasteiger partial charge in [0.25, 0.3) is 5.56 Å². The first-order valence-corrected chi connectivity index (χ1v) is 10.1. The van der Waals surface area contributed by atoms with Crippen LogP contribution in [0.1, 0.15) is 29.9 Å². The molecule has 0 saturated carbocycles. The second kappa shape index (κ2) is 7.52. The fourth-order valence-corrected chi connectivity index (χ4v) is 3.85. The number of hydrogen-bond acceptors (Lipinski definition) is 6. The van der Waals surface area contributed by atoms with Gasteiger partial charge in [0.05, 0.1) is 23.6 Å². The van der Waals surface area contributed by atoms with Gasteiger partial charge in [-0.05, 0) is 50.1 Å². The number of aryl methyl sites for hydroxylation is 1. The first-order chi connectivity index (χ1) is 15.5. The molecule has 32 heavy (non-hydrogen) atoms. The third-order valence-electron chi connectivity index (χ3n) is 5.65. The summed E-state index contributed by atoms with van der Waals surface area (Å²) < 4.78 is 16.1. The van der Waals surface area contributed by atoms with Crippen molar-refractivity contribution in [2.45, 2.75) is 26.8 Å². The average Bonchev–Trinajstić information content (AvgIpc) is 3.26. The summed E-state index contributed by atoms with van der Waals surface area (Å²) >= 11 is 0. The number of hydrogen-bond donors (Lipinski definition) is 2. The standard InChI is InChI=1S/C23H20FN7O/c1-12-6-4-9-17(13(12)2)31-22(30-16-8-5-7-15(24)18(16)23(31)32)14(3)29-21-19-20(26-10-25-19)27-11-28-21/h4-11,14H,1-3H3,(H2,25,26,27,28,29). The molecular weight excluding hydrogens is 409 g/mol. The van der Waals surface area contributed by atoms with Crippen molar-refractivity contribution >= 4 is 27.9 Å². The maximum atomic E-state index is 14.6. The van der Waals surface area contributed by atoms with Gasteiger partial charge < -0.3 is 10.3 Å². The summed E-state index contributed by atoms with van der Waals surface area (Å²) in [5.74, 6) is 0.371. The highest BCUT2D eigenvalue weighted by Crippen LogP contribution is 2.26. The molecule has 5 aromatic rings. The largest absolute Gasteiger partial charge is 0.358 e. The summed E-state index contributed by atoms with van der Waals surface area (Å²) in [5.41, 5.74) is 3.60. The van der Waals surface area contributed by atoms with Gasteiger partial charge >= 0.3 is 0 Å². The molecule has 0 aliphatic rings. The third-order valence-corrected chi connectivity index (χ3v) is 5.65. The van der Waals surface area contributed by atoms with Crippen LogP contribution in [0.4, 0.5) is 10.2 Å². The van der Waals surface area contributed by atoms with Crippen molar-refractivity contribution in [2.75, 3.05) is 5.32 Å². The number of imidazole rings is 1. The molecule has 0 spiro atoms. The average molecular weight is 429 g/mol. The molecule has 160 valence electrons. The zero-order valence-electron chi connectivity index (χ0n) is 17.7. The molecular formula is C23H20FN7O. The Morgan fingerprint density at radius 2 is 1.91 bits per heavy atom. The van der Waals surface area contributed by atoms with Crippen LogP contribution in [-0.2, 0) is 0 Å². The molecule has 0 aliphatic carbocycles. The van der Waals surface area contributed by atoms with E-state index in [0.29, 0.717) is 34.0 Å². The summed E-state index contributed by atoms with van der Waals surface area (Å²) in [5, 5.41) is 3.26. The molecule has 0 amide bonds. The summed E-state index contributed by atoms with van der Waals surface area (Å²) in [6, 6.07) is 9.69. The van der Waals surface area contributed by atoms with E-state index < -0.39 is 17.4 Å². The van der Waals surface area contributed by atoms with Crippen molar-refractivity contribution in [1.29, 1.82) is 0 Å². The molecule has 2 N–H and O–H groups in total. The quantitative estimate of drug-likeness (QED) is 0.448. The number of aromatic amines is 1. The van der Waals surface area contributed by atoms with Crippen LogP contribution in [0.5, 0.6) is 0 Å². The first kappa shape index (κ1) is 19.8. The van der Waals surface area contributed by atoms with Gasteiger partial charge in [-0.25, -0.2) is 24.3 Å². The molecule has 1 unspecified atom stereocenters. The Morgan fingerprint density at radius 3 is 2.75 bits per heavy atom. The molecule has 3 heterocycles. The maximum absolute atomic E-state index is 14.6. The molecule has 0 bridgehead atoms. The van der Waals surface area contributed by atoms with E-state index in [1.165, 1.54) is 23.3 Å². The van der Waals surface area contributed by atoms with E-state index in [1.54, 1.807) is 12.1 Å². The zero-order valence-corrected chi connectivity index (χ0v) is 17.7. The number of benzene rings is 2. The molecule has 5 rings (SSSR count). The van der Waals surface area contributed by atoms with Crippen LogP contribution >= 0.6 is 0 Å². The predicted octanol–water partition coefficient (Wildman–Crippen LogP) is 3.98. The van der Waals surface area contributed by atoms with Gasteiger partial charge in [0.2, 0.25) is 0 Å². The molecule has 1 atom stereocenters. The highest BCUT2D eigenvalue weighted by atomic mass is 19.1. The van der Waals surface area contributed by atoms with Crippen LogP contribution in [0.15, 0.2) is 53.8 Å². The lowest BCUT2D eigenvalue weighted by Crippen LogP contribution is -2.28.